The number of thiocarbonyl (C=S) groups is 1. The van der Waals surface area contributed by atoms with Crippen molar-refractivity contribution in [2.24, 2.45) is 0 Å². The molecular formula is C21H17N5O2S. The van der Waals surface area contributed by atoms with Crippen molar-refractivity contribution in [3.05, 3.63) is 84.6 Å². The minimum absolute atomic E-state index is 0.280. The van der Waals surface area contributed by atoms with E-state index in [1.54, 1.807) is 30.8 Å². The average Bonchev–Trinajstić information content (AvgIpc) is 3.29. The molecule has 0 unspecified atom stereocenters. The van der Waals surface area contributed by atoms with Crippen LogP contribution in [-0.2, 0) is 6.54 Å². The van der Waals surface area contributed by atoms with Crippen molar-refractivity contribution in [2.75, 3.05) is 0 Å². The molecule has 0 spiro atoms. The maximum Gasteiger partial charge on any atom is 0.270 e. The number of nitrogens with one attached hydrogen (secondary N) is 3. The van der Waals surface area contributed by atoms with Gasteiger partial charge in [0.1, 0.15) is 5.76 Å². The molecule has 1 aromatic carbocycles. The third-order valence-corrected chi connectivity index (χ3v) is 4.48. The SMILES string of the molecule is O=C(NNC(=S)NCc1ccco1)c1cc(-c2ccncc2)nc2ccccc12. The van der Waals surface area contributed by atoms with Gasteiger partial charge in [-0.3, -0.25) is 20.6 Å². The van der Waals surface area contributed by atoms with Gasteiger partial charge in [-0.2, -0.15) is 0 Å². The second-order valence-electron chi connectivity index (χ2n) is 6.15. The molecule has 1 amide bonds. The standard InChI is InChI=1S/C21H17N5O2S/c27-20(25-26-21(29)23-13-15-4-3-11-28-15)17-12-19(14-7-9-22-10-8-14)24-18-6-2-1-5-16(17)18/h1-12H,13H2,(H,25,27)(H2,23,26,29). The summed E-state index contributed by atoms with van der Waals surface area (Å²) in [7, 11) is 0. The van der Waals surface area contributed by atoms with E-state index in [0.717, 1.165) is 22.2 Å². The van der Waals surface area contributed by atoms with Crippen LogP contribution in [0.25, 0.3) is 22.2 Å². The van der Waals surface area contributed by atoms with E-state index in [0.29, 0.717) is 17.8 Å². The minimum Gasteiger partial charge on any atom is -0.467 e. The normalized spacial score (nSPS) is 10.5. The Morgan fingerprint density at radius 3 is 2.66 bits per heavy atom. The van der Waals surface area contributed by atoms with Crippen molar-refractivity contribution in [3.63, 3.8) is 0 Å². The molecular weight excluding hydrogens is 386 g/mol. The minimum atomic E-state index is -0.318. The van der Waals surface area contributed by atoms with Crippen molar-refractivity contribution in [1.82, 2.24) is 26.1 Å². The Labute approximate surface area is 172 Å². The summed E-state index contributed by atoms with van der Waals surface area (Å²) in [4.78, 5) is 21.6. The van der Waals surface area contributed by atoms with Crippen LogP contribution >= 0.6 is 12.2 Å². The third-order valence-electron chi connectivity index (χ3n) is 4.23. The summed E-state index contributed by atoms with van der Waals surface area (Å²) in [5.74, 6) is 0.420. The number of hydrogen-bond donors (Lipinski definition) is 3. The number of amides is 1. The molecule has 8 heteroatoms. The predicted octanol–water partition coefficient (Wildman–Crippen LogP) is 3.20. The molecule has 4 rings (SSSR count). The fourth-order valence-electron chi connectivity index (χ4n) is 2.84. The van der Waals surface area contributed by atoms with E-state index in [2.05, 4.69) is 26.1 Å². The zero-order chi connectivity index (χ0) is 20.1. The van der Waals surface area contributed by atoms with E-state index in [-0.39, 0.29) is 11.0 Å². The van der Waals surface area contributed by atoms with Crippen LogP contribution in [-0.4, -0.2) is 21.0 Å². The number of hydrazine groups is 1. The lowest BCUT2D eigenvalue weighted by Gasteiger charge is -2.13. The topological polar surface area (TPSA) is 92.1 Å². The molecule has 0 radical (unpaired) electrons. The molecule has 3 heterocycles. The van der Waals surface area contributed by atoms with E-state index in [1.165, 1.54) is 0 Å². The summed E-state index contributed by atoms with van der Waals surface area (Å²) in [6.45, 7) is 0.416. The van der Waals surface area contributed by atoms with Gasteiger partial charge in [0.2, 0.25) is 0 Å². The summed E-state index contributed by atoms with van der Waals surface area (Å²) < 4.78 is 5.23. The Hall–Kier alpha value is -3.78. The molecule has 3 N–H and O–H groups in total. The molecule has 0 saturated carbocycles. The van der Waals surface area contributed by atoms with Gasteiger partial charge in [0.15, 0.2) is 5.11 Å². The first-order valence-corrected chi connectivity index (χ1v) is 9.28. The van der Waals surface area contributed by atoms with E-state index in [4.69, 9.17) is 16.6 Å². The summed E-state index contributed by atoms with van der Waals surface area (Å²) in [6, 6.07) is 16.6. The third kappa shape index (κ3) is 4.39. The summed E-state index contributed by atoms with van der Waals surface area (Å²) in [5.41, 5.74) is 8.14. The lowest BCUT2D eigenvalue weighted by atomic mass is 10.0. The Morgan fingerprint density at radius 1 is 1.03 bits per heavy atom. The fourth-order valence-corrected chi connectivity index (χ4v) is 2.96. The first-order valence-electron chi connectivity index (χ1n) is 8.87. The van der Waals surface area contributed by atoms with Gasteiger partial charge >= 0.3 is 0 Å². The summed E-state index contributed by atoms with van der Waals surface area (Å²) >= 11 is 5.20. The lowest BCUT2D eigenvalue weighted by molar-refractivity contribution is 0.0945. The number of furan rings is 1. The second kappa shape index (κ2) is 8.49. The van der Waals surface area contributed by atoms with Gasteiger partial charge in [-0.05, 0) is 48.6 Å². The largest absolute Gasteiger partial charge is 0.467 e. The number of pyridine rings is 2. The molecule has 0 fully saturated rings. The number of hydrogen-bond acceptors (Lipinski definition) is 5. The molecule has 29 heavy (non-hydrogen) atoms. The van der Waals surface area contributed by atoms with Gasteiger partial charge in [0, 0.05) is 23.3 Å². The van der Waals surface area contributed by atoms with Crippen LogP contribution in [0.5, 0.6) is 0 Å². The maximum atomic E-state index is 12.9. The fraction of sp³-hybridized carbons (Fsp3) is 0.0476. The van der Waals surface area contributed by atoms with Crippen molar-refractivity contribution in [1.29, 1.82) is 0 Å². The number of fused-ring (bicyclic) bond motifs is 1. The highest BCUT2D eigenvalue weighted by Crippen LogP contribution is 2.24. The Balaban J connectivity index is 1.52. The molecule has 0 aliphatic heterocycles. The number of para-hydroxylation sites is 1. The average molecular weight is 403 g/mol. The highest BCUT2D eigenvalue weighted by atomic mass is 32.1. The zero-order valence-electron chi connectivity index (χ0n) is 15.3. The van der Waals surface area contributed by atoms with Gasteiger partial charge in [0.05, 0.1) is 29.6 Å². The molecule has 7 nitrogen and oxygen atoms in total. The van der Waals surface area contributed by atoms with Crippen molar-refractivity contribution in [3.8, 4) is 11.3 Å². The summed E-state index contributed by atoms with van der Waals surface area (Å²) in [5, 5.41) is 3.99. The maximum absolute atomic E-state index is 12.9. The predicted molar refractivity (Wildman–Crippen MR) is 114 cm³/mol. The molecule has 0 aliphatic carbocycles. The lowest BCUT2D eigenvalue weighted by Crippen LogP contribution is -2.46. The highest BCUT2D eigenvalue weighted by molar-refractivity contribution is 7.80. The van der Waals surface area contributed by atoms with Crippen LogP contribution in [0.1, 0.15) is 16.1 Å². The molecule has 144 valence electrons. The smallest absolute Gasteiger partial charge is 0.270 e. The van der Waals surface area contributed by atoms with Gasteiger partial charge in [-0.1, -0.05) is 18.2 Å². The highest BCUT2D eigenvalue weighted by Gasteiger charge is 2.14. The van der Waals surface area contributed by atoms with E-state index in [9.17, 15) is 4.79 Å². The molecule has 0 bridgehead atoms. The van der Waals surface area contributed by atoms with Crippen LogP contribution in [0.4, 0.5) is 0 Å². The number of nitrogens with zero attached hydrogens (tertiary/aromatic N) is 2. The number of aromatic nitrogens is 2. The zero-order valence-corrected chi connectivity index (χ0v) is 16.1. The van der Waals surface area contributed by atoms with Gasteiger partial charge in [0.25, 0.3) is 5.91 Å². The van der Waals surface area contributed by atoms with Crippen LogP contribution in [0.15, 0.2) is 77.7 Å². The molecule has 0 aliphatic rings. The molecule has 4 aromatic rings. The van der Waals surface area contributed by atoms with Crippen LogP contribution in [0, 0.1) is 0 Å². The van der Waals surface area contributed by atoms with Gasteiger partial charge in [-0.25, -0.2) is 4.98 Å². The Kier molecular flexibility index (Phi) is 5.44. The monoisotopic (exact) mass is 403 g/mol. The van der Waals surface area contributed by atoms with Crippen LogP contribution in [0.2, 0.25) is 0 Å². The van der Waals surface area contributed by atoms with E-state index >= 15 is 0 Å². The van der Waals surface area contributed by atoms with Crippen molar-refractivity contribution < 1.29 is 9.21 Å². The Morgan fingerprint density at radius 2 is 1.86 bits per heavy atom. The van der Waals surface area contributed by atoms with Crippen LogP contribution < -0.4 is 16.2 Å². The molecule has 0 atom stereocenters. The Bertz CT molecular complexity index is 1150. The van der Waals surface area contributed by atoms with Crippen LogP contribution in [0.3, 0.4) is 0 Å². The van der Waals surface area contributed by atoms with Crippen molar-refractivity contribution in [2.45, 2.75) is 6.54 Å². The number of benzene rings is 1. The second-order valence-corrected chi connectivity index (χ2v) is 6.56. The van der Waals surface area contributed by atoms with Gasteiger partial charge < -0.3 is 9.73 Å². The number of carbonyl (C=O) groups excluding carboxylic acids is 1. The number of rotatable bonds is 4. The van der Waals surface area contributed by atoms with E-state index in [1.807, 2.05) is 42.5 Å². The molecule has 3 aromatic heterocycles. The van der Waals surface area contributed by atoms with Crippen molar-refractivity contribution >= 4 is 34.1 Å². The first kappa shape index (κ1) is 18.6. The van der Waals surface area contributed by atoms with Gasteiger partial charge in [-0.15, -0.1) is 0 Å². The first-order chi connectivity index (χ1) is 14.2. The van der Waals surface area contributed by atoms with E-state index < -0.39 is 0 Å². The molecule has 0 saturated heterocycles. The summed E-state index contributed by atoms with van der Waals surface area (Å²) in [6.07, 6.45) is 4.97. The quantitative estimate of drug-likeness (QED) is 0.356. The number of carbonyl (C=O) groups is 1.